The van der Waals surface area contributed by atoms with Crippen LogP contribution < -0.4 is 0 Å². The molecule has 4 nitrogen and oxygen atoms in total. The highest BCUT2D eigenvalue weighted by molar-refractivity contribution is 6.00. The summed E-state index contributed by atoms with van der Waals surface area (Å²) in [6, 6.07) is 20.5. The highest BCUT2D eigenvalue weighted by Gasteiger charge is 2.36. The van der Waals surface area contributed by atoms with Gasteiger partial charge in [-0.3, -0.25) is 0 Å². The van der Waals surface area contributed by atoms with Gasteiger partial charge < -0.3 is 14.8 Å². The second-order valence-corrected chi connectivity index (χ2v) is 7.21. The van der Waals surface area contributed by atoms with Crippen LogP contribution in [0.2, 0.25) is 0 Å². The van der Waals surface area contributed by atoms with Crippen molar-refractivity contribution in [3.8, 4) is 0 Å². The van der Waals surface area contributed by atoms with Crippen LogP contribution in [0.4, 0.5) is 0 Å². The van der Waals surface area contributed by atoms with E-state index in [1.165, 1.54) is 5.56 Å². The second kappa shape index (κ2) is 9.67. The first-order chi connectivity index (χ1) is 13.3. The number of oxime groups is 1. The standard InChI is InChI=1S/C23H30N2O2/c1-2-19-27-23(21-11-7-4-8-12-21)14-17-25(18-15-23)16-13-22(24-26)20-9-5-3-6-10-20/h3-12,26H,2,13-19H2,1H3. The van der Waals surface area contributed by atoms with Gasteiger partial charge in [-0.25, -0.2) is 0 Å². The predicted octanol–water partition coefficient (Wildman–Crippen LogP) is 4.67. The van der Waals surface area contributed by atoms with Crippen molar-refractivity contribution in [1.29, 1.82) is 0 Å². The fourth-order valence-electron chi connectivity index (χ4n) is 3.84. The zero-order valence-corrected chi connectivity index (χ0v) is 16.2. The van der Waals surface area contributed by atoms with Gasteiger partial charge in [0.15, 0.2) is 0 Å². The van der Waals surface area contributed by atoms with Crippen molar-refractivity contribution in [2.75, 3.05) is 26.2 Å². The first kappa shape index (κ1) is 19.6. The Morgan fingerprint density at radius 2 is 1.67 bits per heavy atom. The van der Waals surface area contributed by atoms with Crippen LogP contribution in [-0.4, -0.2) is 42.1 Å². The van der Waals surface area contributed by atoms with Gasteiger partial charge in [-0.1, -0.05) is 72.7 Å². The topological polar surface area (TPSA) is 45.1 Å². The zero-order valence-electron chi connectivity index (χ0n) is 16.2. The number of rotatable bonds is 8. The fraction of sp³-hybridized carbons (Fsp3) is 0.435. The summed E-state index contributed by atoms with van der Waals surface area (Å²) < 4.78 is 6.38. The van der Waals surface area contributed by atoms with E-state index < -0.39 is 0 Å². The Bertz CT molecular complexity index is 708. The summed E-state index contributed by atoms with van der Waals surface area (Å²) in [5.41, 5.74) is 2.86. The third-order valence-electron chi connectivity index (χ3n) is 5.44. The molecule has 1 aliphatic heterocycles. The van der Waals surface area contributed by atoms with Gasteiger partial charge in [0, 0.05) is 32.7 Å². The average Bonchev–Trinajstić information content (AvgIpc) is 2.75. The summed E-state index contributed by atoms with van der Waals surface area (Å²) in [7, 11) is 0. The van der Waals surface area contributed by atoms with Crippen LogP contribution >= 0.6 is 0 Å². The quantitative estimate of drug-likeness (QED) is 0.419. The van der Waals surface area contributed by atoms with E-state index in [2.05, 4.69) is 47.3 Å². The van der Waals surface area contributed by atoms with E-state index in [-0.39, 0.29) is 5.60 Å². The van der Waals surface area contributed by atoms with Crippen LogP contribution in [0.1, 0.15) is 43.7 Å². The van der Waals surface area contributed by atoms with Crippen LogP contribution in [0.5, 0.6) is 0 Å². The minimum atomic E-state index is -0.166. The van der Waals surface area contributed by atoms with Crippen LogP contribution in [0.15, 0.2) is 65.8 Å². The molecule has 0 aliphatic carbocycles. The van der Waals surface area contributed by atoms with Gasteiger partial charge in [0.2, 0.25) is 0 Å². The number of nitrogens with zero attached hydrogens (tertiary/aromatic N) is 2. The molecule has 0 saturated carbocycles. The smallest absolute Gasteiger partial charge is 0.0955 e. The predicted molar refractivity (Wildman–Crippen MR) is 109 cm³/mol. The van der Waals surface area contributed by atoms with E-state index in [0.717, 1.165) is 63.2 Å². The highest BCUT2D eigenvalue weighted by Crippen LogP contribution is 2.37. The van der Waals surface area contributed by atoms with Crippen molar-refractivity contribution in [2.24, 2.45) is 5.16 Å². The largest absolute Gasteiger partial charge is 0.411 e. The SMILES string of the molecule is CCCOC1(c2ccccc2)CCN(CCC(=NO)c2ccccc2)CC1. The fourth-order valence-corrected chi connectivity index (χ4v) is 3.84. The number of piperidine rings is 1. The minimum Gasteiger partial charge on any atom is -0.411 e. The Kier molecular flexibility index (Phi) is 7.02. The highest BCUT2D eigenvalue weighted by atomic mass is 16.5. The van der Waals surface area contributed by atoms with Crippen LogP contribution in [0.25, 0.3) is 0 Å². The average molecular weight is 367 g/mol. The van der Waals surface area contributed by atoms with Gasteiger partial charge in [0.05, 0.1) is 11.3 Å². The molecule has 1 N–H and O–H groups in total. The molecule has 1 aliphatic rings. The first-order valence-electron chi connectivity index (χ1n) is 9.95. The van der Waals surface area contributed by atoms with E-state index >= 15 is 0 Å². The molecule has 144 valence electrons. The van der Waals surface area contributed by atoms with Crippen LogP contribution in [0.3, 0.4) is 0 Å². The Balaban J connectivity index is 1.59. The van der Waals surface area contributed by atoms with Gasteiger partial charge in [0.25, 0.3) is 0 Å². The van der Waals surface area contributed by atoms with Crippen molar-refractivity contribution < 1.29 is 9.94 Å². The molecule has 0 unspecified atom stereocenters. The summed E-state index contributed by atoms with van der Waals surface area (Å²) in [5, 5.41) is 12.9. The molecule has 27 heavy (non-hydrogen) atoms. The normalized spacial score (nSPS) is 17.7. The molecule has 1 saturated heterocycles. The molecule has 2 aromatic rings. The van der Waals surface area contributed by atoms with Crippen molar-refractivity contribution >= 4 is 5.71 Å². The third kappa shape index (κ3) is 4.96. The number of ether oxygens (including phenoxy) is 1. The second-order valence-electron chi connectivity index (χ2n) is 7.21. The lowest BCUT2D eigenvalue weighted by molar-refractivity contribution is -0.0894. The summed E-state index contributed by atoms with van der Waals surface area (Å²) in [5.74, 6) is 0. The molecular weight excluding hydrogens is 336 g/mol. The molecule has 0 atom stereocenters. The molecule has 0 aromatic heterocycles. The lowest BCUT2D eigenvalue weighted by atomic mass is 9.84. The molecule has 4 heteroatoms. The molecule has 2 aromatic carbocycles. The van der Waals surface area contributed by atoms with Gasteiger partial charge in [-0.15, -0.1) is 0 Å². The molecular formula is C23H30N2O2. The van der Waals surface area contributed by atoms with E-state index in [0.29, 0.717) is 0 Å². The summed E-state index contributed by atoms with van der Waals surface area (Å²) >= 11 is 0. The maximum Gasteiger partial charge on any atom is 0.0955 e. The summed E-state index contributed by atoms with van der Waals surface area (Å²) in [6.07, 6.45) is 3.77. The lowest BCUT2D eigenvalue weighted by Gasteiger charge is -2.42. The van der Waals surface area contributed by atoms with E-state index in [1.807, 2.05) is 30.3 Å². The maximum absolute atomic E-state index is 9.39. The molecule has 1 heterocycles. The summed E-state index contributed by atoms with van der Waals surface area (Å²) in [6.45, 7) is 5.84. The Morgan fingerprint density at radius 1 is 1.04 bits per heavy atom. The van der Waals surface area contributed by atoms with Gasteiger partial charge in [-0.05, 0) is 30.4 Å². The van der Waals surface area contributed by atoms with E-state index in [9.17, 15) is 5.21 Å². The molecule has 0 amide bonds. The number of hydrogen-bond acceptors (Lipinski definition) is 4. The number of likely N-dealkylation sites (tertiary alicyclic amines) is 1. The minimum absolute atomic E-state index is 0.166. The maximum atomic E-state index is 9.39. The number of hydrogen-bond donors (Lipinski definition) is 1. The van der Waals surface area contributed by atoms with Gasteiger partial charge in [-0.2, -0.15) is 0 Å². The number of benzene rings is 2. The van der Waals surface area contributed by atoms with Crippen LogP contribution in [0, 0.1) is 0 Å². The first-order valence-corrected chi connectivity index (χ1v) is 9.95. The van der Waals surface area contributed by atoms with E-state index in [4.69, 9.17) is 4.74 Å². The molecule has 0 bridgehead atoms. The monoisotopic (exact) mass is 366 g/mol. The molecule has 0 radical (unpaired) electrons. The van der Waals surface area contributed by atoms with Crippen molar-refractivity contribution in [3.63, 3.8) is 0 Å². The lowest BCUT2D eigenvalue weighted by Crippen LogP contribution is -2.45. The Labute approximate surface area is 162 Å². The molecule has 0 spiro atoms. The van der Waals surface area contributed by atoms with Crippen LogP contribution in [-0.2, 0) is 10.3 Å². The molecule has 1 fully saturated rings. The summed E-state index contributed by atoms with van der Waals surface area (Å²) in [4.78, 5) is 2.45. The van der Waals surface area contributed by atoms with Gasteiger partial charge in [0.1, 0.15) is 0 Å². The van der Waals surface area contributed by atoms with Crippen molar-refractivity contribution in [1.82, 2.24) is 4.90 Å². The van der Waals surface area contributed by atoms with E-state index in [1.54, 1.807) is 0 Å². The Hall–Kier alpha value is -2.17. The zero-order chi connectivity index (χ0) is 19.0. The third-order valence-corrected chi connectivity index (χ3v) is 5.44. The van der Waals surface area contributed by atoms with Crippen molar-refractivity contribution in [3.05, 3.63) is 71.8 Å². The Morgan fingerprint density at radius 3 is 2.26 bits per heavy atom. The van der Waals surface area contributed by atoms with Gasteiger partial charge >= 0.3 is 0 Å². The molecule has 3 rings (SSSR count). The van der Waals surface area contributed by atoms with Crippen molar-refractivity contribution in [2.45, 2.75) is 38.2 Å².